The van der Waals surface area contributed by atoms with Crippen molar-refractivity contribution in [1.82, 2.24) is 5.32 Å². The first-order chi connectivity index (χ1) is 11.7. The second-order valence-corrected chi connectivity index (χ2v) is 7.42. The highest BCUT2D eigenvalue weighted by atomic mass is 127. The number of benzene rings is 1. The van der Waals surface area contributed by atoms with Gasteiger partial charge in [-0.1, -0.05) is 18.2 Å². The molecular formula is C17H16IN3O2S. The molecule has 0 spiro atoms. The van der Waals surface area contributed by atoms with Gasteiger partial charge < -0.3 is 15.0 Å². The second kappa shape index (κ2) is 7.51. The van der Waals surface area contributed by atoms with Crippen molar-refractivity contribution in [2.75, 3.05) is 38.3 Å². The summed E-state index contributed by atoms with van der Waals surface area (Å²) in [5, 5.41) is 13.4. The fraction of sp³-hybridized carbons (Fsp3) is 0.294. The molecule has 124 valence electrons. The number of thiophene rings is 1. The first-order valence-electron chi connectivity index (χ1n) is 7.54. The summed E-state index contributed by atoms with van der Waals surface area (Å²) in [6.07, 6.45) is 0. The molecule has 1 saturated heterocycles. The molecule has 24 heavy (non-hydrogen) atoms. The van der Waals surface area contributed by atoms with E-state index in [1.165, 1.54) is 11.3 Å². The fourth-order valence-electron chi connectivity index (χ4n) is 2.71. The molecule has 0 radical (unpaired) electrons. The number of nitrogens with zero attached hydrogens (tertiary/aromatic N) is 2. The first kappa shape index (κ1) is 17.2. The molecule has 0 aliphatic carbocycles. The van der Waals surface area contributed by atoms with Crippen LogP contribution in [0.1, 0.15) is 15.2 Å². The van der Waals surface area contributed by atoms with E-state index < -0.39 is 0 Å². The molecule has 1 aromatic heterocycles. The summed E-state index contributed by atoms with van der Waals surface area (Å²) in [7, 11) is 1.61. The van der Waals surface area contributed by atoms with E-state index in [4.69, 9.17) is 4.74 Å². The van der Waals surface area contributed by atoms with Crippen molar-refractivity contribution in [2.24, 2.45) is 0 Å². The maximum absolute atomic E-state index is 12.4. The fourth-order valence-corrected chi connectivity index (χ4v) is 4.63. The van der Waals surface area contributed by atoms with Crippen LogP contribution in [0.5, 0.6) is 0 Å². The second-order valence-electron chi connectivity index (χ2n) is 5.26. The molecule has 7 heteroatoms. The molecule has 0 atom stereocenters. The zero-order valence-corrected chi connectivity index (χ0v) is 16.1. The quantitative estimate of drug-likeness (QED) is 0.726. The summed E-state index contributed by atoms with van der Waals surface area (Å²) in [4.78, 5) is 15.1. The number of halogens is 1. The molecule has 1 aromatic carbocycles. The normalized spacial score (nSPS) is 14.3. The van der Waals surface area contributed by atoms with Gasteiger partial charge in [0.2, 0.25) is 0 Å². The average Bonchev–Trinajstić information content (AvgIpc) is 3.01. The largest absolute Gasteiger partial charge is 0.378 e. The van der Waals surface area contributed by atoms with Gasteiger partial charge in [-0.2, -0.15) is 5.26 Å². The number of nitriles is 1. The summed E-state index contributed by atoms with van der Waals surface area (Å²) in [6.45, 7) is 2.73. The summed E-state index contributed by atoms with van der Waals surface area (Å²) >= 11 is 3.63. The van der Waals surface area contributed by atoms with E-state index in [1.807, 2.05) is 24.3 Å². The Morgan fingerprint density at radius 2 is 2.08 bits per heavy atom. The van der Waals surface area contributed by atoms with Crippen LogP contribution in [0.25, 0.3) is 11.1 Å². The summed E-state index contributed by atoms with van der Waals surface area (Å²) in [5.41, 5.74) is 2.22. The van der Waals surface area contributed by atoms with Crippen molar-refractivity contribution in [3.8, 4) is 17.2 Å². The summed E-state index contributed by atoms with van der Waals surface area (Å²) in [5.74, 6) is -0.161. The maximum Gasteiger partial charge on any atom is 0.261 e. The molecule has 0 bridgehead atoms. The lowest BCUT2D eigenvalue weighted by molar-refractivity contribution is 0.0967. The predicted molar refractivity (Wildman–Crippen MR) is 104 cm³/mol. The van der Waals surface area contributed by atoms with Crippen LogP contribution in [0.4, 0.5) is 5.00 Å². The van der Waals surface area contributed by atoms with Crippen molar-refractivity contribution >= 4 is 44.8 Å². The van der Waals surface area contributed by atoms with E-state index in [1.54, 1.807) is 7.05 Å². The molecular weight excluding hydrogens is 437 g/mol. The molecule has 2 aromatic rings. The average molecular weight is 453 g/mol. The van der Waals surface area contributed by atoms with E-state index in [9.17, 15) is 10.1 Å². The number of hydrogen-bond acceptors (Lipinski definition) is 5. The summed E-state index contributed by atoms with van der Waals surface area (Å²) < 4.78 is 6.42. The zero-order valence-electron chi connectivity index (χ0n) is 13.1. The van der Waals surface area contributed by atoms with E-state index in [0.29, 0.717) is 23.7 Å². The van der Waals surface area contributed by atoms with Crippen LogP contribution in [-0.4, -0.2) is 39.3 Å². The van der Waals surface area contributed by atoms with Gasteiger partial charge >= 0.3 is 0 Å². The van der Waals surface area contributed by atoms with Crippen LogP contribution in [0, 0.1) is 14.9 Å². The molecule has 1 aliphatic rings. The van der Waals surface area contributed by atoms with E-state index >= 15 is 0 Å². The van der Waals surface area contributed by atoms with Crippen molar-refractivity contribution in [3.05, 3.63) is 38.3 Å². The third-order valence-corrected chi connectivity index (χ3v) is 6.07. The Kier molecular flexibility index (Phi) is 5.38. The van der Waals surface area contributed by atoms with Crippen LogP contribution < -0.4 is 10.2 Å². The number of nitrogens with one attached hydrogen (secondary N) is 1. The maximum atomic E-state index is 12.4. The highest BCUT2D eigenvalue weighted by Crippen LogP contribution is 2.43. The monoisotopic (exact) mass is 453 g/mol. The van der Waals surface area contributed by atoms with Gasteiger partial charge in [0.1, 0.15) is 15.9 Å². The van der Waals surface area contributed by atoms with Gasteiger partial charge in [-0.05, 0) is 34.2 Å². The Balaban J connectivity index is 2.22. The third kappa shape index (κ3) is 3.14. The number of carbonyl (C=O) groups is 1. The Hall–Kier alpha value is -1.63. The lowest BCUT2D eigenvalue weighted by Crippen LogP contribution is -2.36. The standard InChI is InChI=1S/C17H16IN3O2S/c1-20-16(22)15-14(11-4-2-3-5-13(11)18)12(10-19)17(24-15)21-6-8-23-9-7-21/h2-5H,6-9H2,1H3,(H,20,22). The van der Waals surface area contributed by atoms with Crippen molar-refractivity contribution in [1.29, 1.82) is 5.26 Å². The molecule has 0 saturated carbocycles. The van der Waals surface area contributed by atoms with Gasteiger partial charge in [-0.3, -0.25) is 4.79 Å². The van der Waals surface area contributed by atoms with Crippen LogP contribution in [0.3, 0.4) is 0 Å². The lowest BCUT2D eigenvalue weighted by Gasteiger charge is -2.27. The Morgan fingerprint density at radius 1 is 1.38 bits per heavy atom. The minimum absolute atomic E-state index is 0.161. The van der Waals surface area contributed by atoms with Gasteiger partial charge in [0.15, 0.2) is 0 Å². The molecule has 3 rings (SSSR count). The molecule has 5 nitrogen and oxygen atoms in total. The molecule has 1 aliphatic heterocycles. The number of amides is 1. The predicted octanol–water partition coefficient (Wildman–Crippen LogP) is 3.09. The Bertz CT molecular complexity index is 807. The number of carbonyl (C=O) groups excluding carboxylic acids is 1. The Labute approximate surface area is 158 Å². The molecule has 2 heterocycles. The van der Waals surface area contributed by atoms with Gasteiger partial charge in [0.25, 0.3) is 5.91 Å². The number of morpholine rings is 1. The van der Waals surface area contributed by atoms with Gasteiger partial charge in [-0.25, -0.2) is 0 Å². The van der Waals surface area contributed by atoms with E-state index in [-0.39, 0.29) is 5.91 Å². The van der Waals surface area contributed by atoms with Crippen molar-refractivity contribution in [2.45, 2.75) is 0 Å². The van der Waals surface area contributed by atoms with Crippen LogP contribution in [0.2, 0.25) is 0 Å². The van der Waals surface area contributed by atoms with Crippen molar-refractivity contribution < 1.29 is 9.53 Å². The highest BCUT2D eigenvalue weighted by molar-refractivity contribution is 14.1. The lowest BCUT2D eigenvalue weighted by atomic mass is 10.0. The number of hydrogen-bond donors (Lipinski definition) is 1. The van der Waals surface area contributed by atoms with Gasteiger partial charge in [-0.15, -0.1) is 11.3 Å². The molecule has 0 unspecified atom stereocenters. The van der Waals surface area contributed by atoms with E-state index in [2.05, 4.69) is 38.9 Å². The van der Waals surface area contributed by atoms with Gasteiger partial charge in [0.05, 0.1) is 18.8 Å². The van der Waals surface area contributed by atoms with Crippen LogP contribution in [0.15, 0.2) is 24.3 Å². The molecule has 1 N–H and O–H groups in total. The smallest absolute Gasteiger partial charge is 0.261 e. The van der Waals surface area contributed by atoms with E-state index in [0.717, 1.165) is 32.8 Å². The first-order valence-corrected chi connectivity index (χ1v) is 9.43. The molecule has 1 fully saturated rings. The number of anilines is 1. The van der Waals surface area contributed by atoms with Crippen LogP contribution in [-0.2, 0) is 4.74 Å². The zero-order chi connectivity index (χ0) is 17.1. The van der Waals surface area contributed by atoms with Crippen molar-refractivity contribution in [3.63, 3.8) is 0 Å². The summed E-state index contributed by atoms with van der Waals surface area (Å²) in [6, 6.07) is 10.2. The SMILES string of the molecule is CNC(=O)c1sc(N2CCOCC2)c(C#N)c1-c1ccccc1I. The molecule has 1 amide bonds. The topological polar surface area (TPSA) is 65.4 Å². The minimum Gasteiger partial charge on any atom is -0.378 e. The Morgan fingerprint density at radius 3 is 2.71 bits per heavy atom. The highest BCUT2D eigenvalue weighted by Gasteiger charge is 2.28. The minimum atomic E-state index is -0.161. The number of rotatable bonds is 3. The third-order valence-electron chi connectivity index (χ3n) is 3.88. The van der Waals surface area contributed by atoms with Crippen LogP contribution >= 0.6 is 33.9 Å². The number of ether oxygens (including phenoxy) is 1. The van der Waals surface area contributed by atoms with Gasteiger partial charge in [0, 0.05) is 29.3 Å².